The molecular formula is C10H21N. The maximum atomic E-state index is 3.44. The molecule has 11 heavy (non-hydrogen) atoms. The molecule has 0 aliphatic heterocycles. The van der Waals surface area contributed by atoms with E-state index in [4.69, 9.17) is 0 Å². The van der Waals surface area contributed by atoms with E-state index in [9.17, 15) is 0 Å². The van der Waals surface area contributed by atoms with Crippen molar-refractivity contribution in [2.75, 3.05) is 7.05 Å². The molecule has 1 aliphatic carbocycles. The SMILES string of the molecule is CCC[C@@H]1CCCC[C@H]1NC. The van der Waals surface area contributed by atoms with E-state index in [0.717, 1.165) is 12.0 Å². The number of hydrogen-bond acceptors (Lipinski definition) is 1. The zero-order chi connectivity index (χ0) is 8.10. The fourth-order valence-electron chi connectivity index (χ4n) is 2.30. The molecule has 0 heterocycles. The van der Waals surface area contributed by atoms with Crippen molar-refractivity contribution in [1.29, 1.82) is 0 Å². The molecule has 0 unspecified atom stereocenters. The Bertz CT molecular complexity index is 99.0. The minimum Gasteiger partial charge on any atom is -0.317 e. The van der Waals surface area contributed by atoms with Crippen LogP contribution in [0.25, 0.3) is 0 Å². The van der Waals surface area contributed by atoms with Crippen LogP contribution in [0.1, 0.15) is 45.4 Å². The van der Waals surface area contributed by atoms with E-state index in [-0.39, 0.29) is 0 Å². The van der Waals surface area contributed by atoms with Crippen molar-refractivity contribution in [3.05, 3.63) is 0 Å². The van der Waals surface area contributed by atoms with Gasteiger partial charge in [-0.2, -0.15) is 0 Å². The summed E-state index contributed by atoms with van der Waals surface area (Å²) in [5.41, 5.74) is 0. The number of nitrogens with one attached hydrogen (secondary N) is 1. The lowest BCUT2D eigenvalue weighted by Crippen LogP contribution is -2.35. The predicted octanol–water partition coefficient (Wildman–Crippen LogP) is 2.56. The fourth-order valence-corrected chi connectivity index (χ4v) is 2.30. The van der Waals surface area contributed by atoms with E-state index in [1.54, 1.807) is 0 Å². The molecule has 0 bridgehead atoms. The monoisotopic (exact) mass is 155 g/mol. The van der Waals surface area contributed by atoms with Crippen LogP contribution >= 0.6 is 0 Å². The van der Waals surface area contributed by atoms with Crippen LogP contribution in [0.3, 0.4) is 0 Å². The Hall–Kier alpha value is -0.0400. The van der Waals surface area contributed by atoms with Crippen LogP contribution in [0.2, 0.25) is 0 Å². The molecule has 0 aromatic heterocycles. The van der Waals surface area contributed by atoms with Crippen molar-refractivity contribution >= 4 is 0 Å². The smallest absolute Gasteiger partial charge is 0.00923 e. The van der Waals surface area contributed by atoms with Gasteiger partial charge in [0.15, 0.2) is 0 Å². The van der Waals surface area contributed by atoms with Gasteiger partial charge in [-0.1, -0.05) is 26.2 Å². The highest BCUT2D eigenvalue weighted by atomic mass is 14.9. The lowest BCUT2D eigenvalue weighted by Gasteiger charge is -2.31. The quantitative estimate of drug-likeness (QED) is 0.660. The molecule has 0 radical (unpaired) electrons. The first-order valence-corrected chi connectivity index (χ1v) is 5.05. The molecule has 0 amide bonds. The number of rotatable bonds is 3. The Morgan fingerprint density at radius 2 is 2.00 bits per heavy atom. The van der Waals surface area contributed by atoms with Crippen molar-refractivity contribution in [3.8, 4) is 0 Å². The van der Waals surface area contributed by atoms with E-state index >= 15 is 0 Å². The van der Waals surface area contributed by atoms with E-state index < -0.39 is 0 Å². The van der Waals surface area contributed by atoms with Gasteiger partial charge >= 0.3 is 0 Å². The van der Waals surface area contributed by atoms with E-state index in [1.165, 1.54) is 38.5 Å². The highest BCUT2D eigenvalue weighted by Crippen LogP contribution is 2.27. The highest BCUT2D eigenvalue weighted by Gasteiger charge is 2.22. The molecule has 2 atom stereocenters. The van der Waals surface area contributed by atoms with Gasteiger partial charge in [-0.3, -0.25) is 0 Å². The first-order valence-electron chi connectivity index (χ1n) is 5.05. The summed E-state index contributed by atoms with van der Waals surface area (Å²) >= 11 is 0. The molecule has 1 nitrogen and oxygen atoms in total. The van der Waals surface area contributed by atoms with Crippen molar-refractivity contribution in [3.63, 3.8) is 0 Å². The molecule has 0 saturated heterocycles. The second kappa shape index (κ2) is 4.76. The van der Waals surface area contributed by atoms with Gasteiger partial charge in [-0.15, -0.1) is 0 Å². The normalized spacial score (nSPS) is 32.2. The second-order valence-electron chi connectivity index (χ2n) is 3.73. The average molecular weight is 155 g/mol. The van der Waals surface area contributed by atoms with Crippen LogP contribution in [0.5, 0.6) is 0 Å². The summed E-state index contributed by atoms with van der Waals surface area (Å²) in [5, 5.41) is 3.44. The third kappa shape index (κ3) is 2.48. The largest absolute Gasteiger partial charge is 0.317 e. The van der Waals surface area contributed by atoms with E-state index in [2.05, 4.69) is 19.3 Å². The first kappa shape index (κ1) is 9.05. The summed E-state index contributed by atoms with van der Waals surface area (Å²) in [6.07, 6.45) is 8.53. The van der Waals surface area contributed by atoms with Gasteiger partial charge in [0.25, 0.3) is 0 Å². The Kier molecular flexibility index (Phi) is 3.92. The molecule has 1 rings (SSSR count). The van der Waals surface area contributed by atoms with Gasteiger partial charge in [-0.05, 0) is 32.2 Å². The highest BCUT2D eigenvalue weighted by molar-refractivity contribution is 4.79. The summed E-state index contributed by atoms with van der Waals surface area (Å²) in [4.78, 5) is 0. The van der Waals surface area contributed by atoms with E-state index in [1.807, 2.05) is 0 Å². The van der Waals surface area contributed by atoms with E-state index in [0.29, 0.717) is 0 Å². The maximum Gasteiger partial charge on any atom is 0.00923 e. The van der Waals surface area contributed by atoms with Crippen LogP contribution in [0.4, 0.5) is 0 Å². The molecular weight excluding hydrogens is 134 g/mol. The molecule has 0 aromatic rings. The Labute approximate surface area is 70.6 Å². The first-order chi connectivity index (χ1) is 5.38. The maximum absolute atomic E-state index is 3.44. The van der Waals surface area contributed by atoms with Gasteiger partial charge in [-0.25, -0.2) is 0 Å². The zero-order valence-electron chi connectivity index (χ0n) is 7.90. The molecule has 66 valence electrons. The molecule has 1 saturated carbocycles. The molecule has 1 aliphatic rings. The number of hydrogen-bond donors (Lipinski definition) is 1. The molecule has 1 fully saturated rings. The topological polar surface area (TPSA) is 12.0 Å². The van der Waals surface area contributed by atoms with Gasteiger partial charge < -0.3 is 5.32 Å². The standard InChI is InChI=1S/C10H21N/c1-3-6-9-7-4-5-8-10(9)11-2/h9-11H,3-8H2,1-2H3/t9-,10-/m1/s1. The van der Waals surface area contributed by atoms with Crippen molar-refractivity contribution in [2.24, 2.45) is 5.92 Å². The van der Waals surface area contributed by atoms with Crippen LogP contribution < -0.4 is 5.32 Å². The van der Waals surface area contributed by atoms with Crippen molar-refractivity contribution < 1.29 is 0 Å². The zero-order valence-corrected chi connectivity index (χ0v) is 7.90. The molecule has 0 aromatic carbocycles. The van der Waals surface area contributed by atoms with Crippen LogP contribution in [0, 0.1) is 5.92 Å². The second-order valence-corrected chi connectivity index (χ2v) is 3.73. The fraction of sp³-hybridized carbons (Fsp3) is 1.00. The minimum atomic E-state index is 0.823. The molecule has 1 heteroatoms. The lowest BCUT2D eigenvalue weighted by molar-refractivity contribution is 0.258. The predicted molar refractivity (Wildman–Crippen MR) is 49.7 cm³/mol. The Balaban J connectivity index is 2.31. The Morgan fingerprint density at radius 3 is 2.64 bits per heavy atom. The van der Waals surface area contributed by atoms with Gasteiger partial charge in [0, 0.05) is 6.04 Å². The molecule has 0 spiro atoms. The van der Waals surface area contributed by atoms with Crippen LogP contribution in [-0.2, 0) is 0 Å². The molecule has 1 N–H and O–H groups in total. The third-order valence-corrected chi connectivity index (χ3v) is 2.94. The minimum absolute atomic E-state index is 0.823. The van der Waals surface area contributed by atoms with Crippen LogP contribution in [-0.4, -0.2) is 13.1 Å². The van der Waals surface area contributed by atoms with Gasteiger partial charge in [0.2, 0.25) is 0 Å². The van der Waals surface area contributed by atoms with Crippen molar-refractivity contribution in [1.82, 2.24) is 5.32 Å². The Morgan fingerprint density at radius 1 is 1.27 bits per heavy atom. The average Bonchev–Trinajstić information content (AvgIpc) is 2.06. The van der Waals surface area contributed by atoms with Crippen LogP contribution in [0.15, 0.2) is 0 Å². The third-order valence-electron chi connectivity index (χ3n) is 2.94. The van der Waals surface area contributed by atoms with Gasteiger partial charge in [0.1, 0.15) is 0 Å². The summed E-state index contributed by atoms with van der Waals surface area (Å²) in [6.45, 7) is 2.29. The summed E-state index contributed by atoms with van der Waals surface area (Å²) in [7, 11) is 2.11. The summed E-state index contributed by atoms with van der Waals surface area (Å²) in [5.74, 6) is 0.971. The lowest BCUT2D eigenvalue weighted by atomic mass is 9.82. The summed E-state index contributed by atoms with van der Waals surface area (Å²) < 4.78 is 0. The van der Waals surface area contributed by atoms with Gasteiger partial charge in [0.05, 0.1) is 0 Å². The van der Waals surface area contributed by atoms with Crippen molar-refractivity contribution in [2.45, 2.75) is 51.5 Å². The summed E-state index contributed by atoms with van der Waals surface area (Å²) in [6, 6.07) is 0.823.